The van der Waals surface area contributed by atoms with Gasteiger partial charge in [0, 0.05) is 12.5 Å². The van der Waals surface area contributed by atoms with Crippen LogP contribution in [-0.2, 0) is 4.74 Å². The Kier molecular flexibility index (Phi) is 5.11. The van der Waals surface area contributed by atoms with E-state index < -0.39 is 0 Å². The van der Waals surface area contributed by atoms with Crippen molar-refractivity contribution in [1.29, 1.82) is 0 Å². The summed E-state index contributed by atoms with van der Waals surface area (Å²) in [6.07, 6.45) is 1.37. The highest BCUT2D eigenvalue weighted by molar-refractivity contribution is 6.18. The third-order valence-electron chi connectivity index (χ3n) is 1.59. The van der Waals surface area contributed by atoms with Crippen molar-refractivity contribution in [1.82, 2.24) is 0 Å². The van der Waals surface area contributed by atoms with Crippen LogP contribution in [0, 0.1) is 5.41 Å². The topological polar surface area (TPSA) is 9.23 Å². The molecule has 0 aliphatic heterocycles. The Morgan fingerprint density at radius 3 is 2.27 bits per heavy atom. The van der Waals surface area contributed by atoms with E-state index in [1.807, 2.05) is 13.8 Å². The van der Waals surface area contributed by atoms with Crippen molar-refractivity contribution in [3.63, 3.8) is 0 Å². The molecule has 0 spiro atoms. The zero-order chi connectivity index (χ0) is 8.91. The highest BCUT2D eigenvalue weighted by atomic mass is 35.5. The van der Waals surface area contributed by atoms with E-state index in [-0.39, 0.29) is 5.41 Å². The fourth-order valence-corrected chi connectivity index (χ4v) is 0.771. The van der Waals surface area contributed by atoms with E-state index >= 15 is 0 Å². The minimum atomic E-state index is 0.219. The smallest absolute Gasteiger partial charge is 0.0518 e. The monoisotopic (exact) mass is 178 g/mol. The summed E-state index contributed by atoms with van der Waals surface area (Å²) in [7, 11) is 0. The lowest BCUT2D eigenvalue weighted by Crippen LogP contribution is -2.17. The Labute approximate surface area is 75.1 Å². The second kappa shape index (κ2) is 5.00. The van der Waals surface area contributed by atoms with Gasteiger partial charge in [-0.15, -0.1) is 11.6 Å². The van der Waals surface area contributed by atoms with Gasteiger partial charge in [-0.05, 0) is 25.7 Å². The van der Waals surface area contributed by atoms with Crippen LogP contribution in [0.5, 0.6) is 0 Å². The van der Waals surface area contributed by atoms with E-state index in [0.29, 0.717) is 12.0 Å². The molecule has 0 heterocycles. The molecule has 0 aromatic rings. The average Bonchev–Trinajstić information content (AvgIpc) is 1.87. The van der Waals surface area contributed by atoms with Crippen molar-refractivity contribution in [3.05, 3.63) is 0 Å². The van der Waals surface area contributed by atoms with Crippen LogP contribution in [0.1, 0.15) is 34.1 Å². The number of rotatable bonds is 5. The summed E-state index contributed by atoms with van der Waals surface area (Å²) in [6.45, 7) is 9.23. The van der Waals surface area contributed by atoms with Crippen molar-refractivity contribution in [3.8, 4) is 0 Å². The zero-order valence-corrected chi connectivity index (χ0v) is 8.74. The normalized spacial score (nSPS) is 12.5. The van der Waals surface area contributed by atoms with Gasteiger partial charge in [-0.1, -0.05) is 13.8 Å². The maximum Gasteiger partial charge on any atom is 0.0518 e. The molecule has 0 aromatic heterocycles. The lowest BCUT2D eigenvalue weighted by Gasteiger charge is -2.21. The maximum atomic E-state index is 5.75. The molecule has 0 aliphatic rings. The molecule has 2 heteroatoms. The van der Waals surface area contributed by atoms with Gasteiger partial charge in [-0.25, -0.2) is 0 Å². The Bertz CT molecular complexity index is 99.7. The lowest BCUT2D eigenvalue weighted by molar-refractivity contribution is 0.0609. The summed E-state index contributed by atoms with van der Waals surface area (Å²) in [6, 6.07) is 0. The van der Waals surface area contributed by atoms with Crippen LogP contribution in [0.3, 0.4) is 0 Å². The molecule has 0 radical (unpaired) electrons. The quantitative estimate of drug-likeness (QED) is 0.588. The molecule has 11 heavy (non-hydrogen) atoms. The lowest BCUT2D eigenvalue weighted by atomic mass is 9.92. The average molecular weight is 179 g/mol. The predicted molar refractivity (Wildman–Crippen MR) is 50.2 cm³/mol. The van der Waals surface area contributed by atoms with Gasteiger partial charge in [0.25, 0.3) is 0 Å². The van der Waals surface area contributed by atoms with Crippen LogP contribution in [0.15, 0.2) is 0 Å². The third kappa shape index (κ3) is 6.64. The Morgan fingerprint density at radius 2 is 1.91 bits per heavy atom. The minimum Gasteiger partial charge on any atom is -0.379 e. The van der Waals surface area contributed by atoms with Crippen molar-refractivity contribution in [2.75, 3.05) is 12.5 Å². The second-order valence-electron chi connectivity index (χ2n) is 3.97. The number of hydrogen-bond donors (Lipinski definition) is 0. The molecule has 68 valence electrons. The first-order chi connectivity index (χ1) is 4.98. The molecule has 0 bridgehead atoms. The van der Waals surface area contributed by atoms with E-state index in [1.54, 1.807) is 0 Å². The standard InChI is InChI=1S/C9H19ClO/c1-8(2)11-6-5-9(3,4)7-10/h8H,5-7H2,1-4H3. The van der Waals surface area contributed by atoms with Gasteiger partial charge in [0.1, 0.15) is 0 Å². The number of halogens is 1. The van der Waals surface area contributed by atoms with E-state index in [0.717, 1.165) is 13.0 Å². The highest BCUT2D eigenvalue weighted by Gasteiger charge is 2.15. The SMILES string of the molecule is CC(C)OCCC(C)(C)CCl. The molecule has 0 atom stereocenters. The van der Waals surface area contributed by atoms with Gasteiger partial charge in [-0.2, -0.15) is 0 Å². The largest absolute Gasteiger partial charge is 0.379 e. The van der Waals surface area contributed by atoms with E-state index in [2.05, 4.69) is 13.8 Å². The van der Waals surface area contributed by atoms with Crippen LogP contribution in [0.4, 0.5) is 0 Å². The maximum absolute atomic E-state index is 5.75. The molecule has 0 saturated heterocycles. The molecule has 0 amide bonds. The Hall–Kier alpha value is 0.250. The summed E-state index contributed by atoms with van der Waals surface area (Å²) >= 11 is 5.75. The Morgan fingerprint density at radius 1 is 1.36 bits per heavy atom. The zero-order valence-electron chi connectivity index (χ0n) is 7.98. The third-order valence-corrected chi connectivity index (χ3v) is 2.32. The van der Waals surface area contributed by atoms with Gasteiger partial charge in [0.15, 0.2) is 0 Å². The first-order valence-corrected chi connectivity index (χ1v) is 4.69. The summed E-state index contributed by atoms with van der Waals surface area (Å²) in [4.78, 5) is 0. The van der Waals surface area contributed by atoms with Gasteiger partial charge in [0.2, 0.25) is 0 Å². The van der Waals surface area contributed by atoms with Gasteiger partial charge in [0.05, 0.1) is 6.10 Å². The van der Waals surface area contributed by atoms with Gasteiger partial charge in [-0.3, -0.25) is 0 Å². The molecule has 0 aliphatic carbocycles. The van der Waals surface area contributed by atoms with Crippen LogP contribution < -0.4 is 0 Å². The van der Waals surface area contributed by atoms with Gasteiger partial charge < -0.3 is 4.74 Å². The number of alkyl halides is 1. The van der Waals surface area contributed by atoms with Crippen LogP contribution in [0.25, 0.3) is 0 Å². The van der Waals surface area contributed by atoms with Crippen molar-refractivity contribution in [2.24, 2.45) is 5.41 Å². The summed E-state index contributed by atoms with van der Waals surface area (Å²) < 4.78 is 5.42. The molecule has 0 N–H and O–H groups in total. The van der Waals surface area contributed by atoms with Crippen LogP contribution in [-0.4, -0.2) is 18.6 Å². The fourth-order valence-electron chi connectivity index (χ4n) is 0.638. The summed E-state index contributed by atoms with van der Waals surface area (Å²) in [5.74, 6) is 0.703. The molecule has 0 unspecified atom stereocenters. The summed E-state index contributed by atoms with van der Waals surface area (Å²) in [5, 5.41) is 0. The Balaban J connectivity index is 3.38. The molecular formula is C9H19ClO. The first-order valence-electron chi connectivity index (χ1n) is 4.15. The van der Waals surface area contributed by atoms with Crippen molar-refractivity contribution >= 4 is 11.6 Å². The second-order valence-corrected chi connectivity index (χ2v) is 4.23. The molecule has 1 nitrogen and oxygen atoms in total. The molecular weight excluding hydrogens is 160 g/mol. The number of hydrogen-bond acceptors (Lipinski definition) is 1. The highest BCUT2D eigenvalue weighted by Crippen LogP contribution is 2.21. The fraction of sp³-hybridized carbons (Fsp3) is 1.00. The van der Waals surface area contributed by atoms with Crippen molar-refractivity contribution in [2.45, 2.75) is 40.2 Å². The van der Waals surface area contributed by atoms with E-state index in [4.69, 9.17) is 16.3 Å². The van der Waals surface area contributed by atoms with E-state index in [1.165, 1.54) is 0 Å². The molecule has 0 saturated carbocycles. The summed E-state index contributed by atoms with van der Waals surface area (Å²) in [5.41, 5.74) is 0.219. The number of ether oxygens (including phenoxy) is 1. The first kappa shape index (κ1) is 11.2. The van der Waals surface area contributed by atoms with Crippen LogP contribution >= 0.6 is 11.6 Å². The molecule has 0 fully saturated rings. The molecule has 0 aromatic carbocycles. The minimum absolute atomic E-state index is 0.219. The van der Waals surface area contributed by atoms with Crippen molar-refractivity contribution < 1.29 is 4.74 Å². The molecule has 0 rings (SSSR count). The predicted octanol–water partition coefficient (Wildman–Crippen LogP) is 3.07. The van der Waals surface area contributed by atoms with Crippen LogP contribution in [0.2, 0.25) is 0 Å². The van der Waals surface area contributed by atoms with E-state index in [9.17, 15) is 0 Å². The van der Waals surface area contributed by atoms with Gasteiger partial charge >= 0.3 is 0 Å².